The number of ether oxygens (including phenoxy) is 1. The minimum absolute atomic E-state index is 0.228. The molecule has 2 aromatic rings. The fraction of sp³-hybridized carbons (Fsp3) is 0.308. The van der Waals surface area contributed by atoms with Gasteiger partial charge in [-0.25, -0.2) is 9.62 Å². The fourth-order valence-corrected chi connectivity index (χ4v) is 1.63. The number of aliphatic imine (C=N–C) groups is 1. The molecule has 0 unspecified atom stereocenters. The molecule has 0 radical (unpaired) electrons. The standard InChI is InChI=1S/C13H17N5O2/c1-3-19-8-15-10-6-4-5-7-11(10)16-9(2)12-13(14)18-20-17-12/h4-7,15H,3,8H2,1-2H3,(H2,14,18). The van der Waals surface area contributed by atoms with Gasteiger partial charge in [0.25, 0.3) is 0 Å². The lowest BCUT2D eigenvalue weighted by Gasteiger charge is -2.09. The molecule has 0 aliphatic carbocycles. The largest absolute Gasteiger partial charge is 0.379 e. The highest BCUT2D eigenvalue weighted by Crippen LogP contribution is 2.25. The lowest BCUT2D eigenvalue weighted by molar-refractivity contribution is 0.167. The van der Waals surface area contributed by atoms with Crippen molar-refractivity contribution >= 4 is 22.9 Å². The number of nitrogens with one attached hydrogen (secondary N) is 1. The van der Waals surface area contributed by atoms with Gasteiger partial charge < -0.3 is 15.8 Å². The zero-order chi connectivity index (χ0) is 14.4. The number of nitrogens with two attached hydrogens (primary N) is 1. The van der Waals surface area contributed by atoms with E-state index in [0.717, 1.165) is 11.4 Å². The third-order valence-electron chi connectivity index (χ3n) is 2.62. The van der Waals surface area contributed by atoms with Gasteiger partial charge in [-0.15, -0.1) is 0 Å². The van der Waals surface area contributed by atoms with Gasteiger partial charge >= 0.3 is 0 Å². The second-order valence-corrected chi connectivity index (χ2v) is 4.03. The van der Waals surface area contributed by atoms with Crippen LogP contribution in [0.1, 0.15) is 19.5 Å². The van der Waals surface area contributed by atoms with E-state index in [9.17, 15) is 0 Å². The third kappa shape index (κ3) is 3.33. The van der Waals surface area contributed by atoms with Crippen molar-refractivity contribution in [2.75, 3.05) is 24.4 Å². The molecule has 0 bridgehead atoms. The maximum Gasteiger partial charge on any atom is 0.197 e. The first-order valence-electron chi connectivity index (χ1n) is 6.26. The number of benzene rings is 1. The highest BCUT2D eigenvalue weighted by Gasteiger charge is 2.10. The quantitative estimate of drug-likeness (QED) is 0.476. The summed E-state index contributed by atoms with van der Waals surface area (Å²) in [5.41, 5.74) is 8.37. The Morgan fingerprint density at radius 3 is 2.90 bits per heavy atom. The maximum atomic E-state index is 5.65. The van der Waals surface area contributed by atoms with Crippen molar-refractivity contribution < 1.29 is 9.37 Å². The van der Waals surface area contributed by atoms with Crippen LogP contribution in [-0.2, 0) is 4.74 Å². The monoisotopic (exact) mass is 275 g/mol. The molecule has 1 aromatic carbocycles. The molecule has 2 rings (SSSR count). The Morgan fingerprint density at radius 2 is 2.20 bits per heavy atom. The van der Waals surface area contributed by atoms with Crippen molar-refractivity contribution in [1.82, 2.24) is 10.3 Å². The lowest BCUT2D eigenvalue weighted by atomic mass is 10.2. The van der Waals surface area contributed by atoms with Crippen LogP contribution in [0.3, 0.4) is 0 Å². The van der Waals surface area contributed by atoms with Crippen molar-refractivity contribution in [1.29, 1.82) is 0 Å². The van der Waals surface area contributed by atoms with Gasteiger partial charge in [0.1, 0.15) is 6.73 Å². The van der Waals surface area contributed by atoms with Crippen LogP contribution >= 0.6 is 0 Å². The summed E-state index contributed by atoms with van der Waals surface area (Å²) in [6.07, 6.45) is 0. The SMILES string of the molecule is CCOCNc1ccccc1N=C(C)c1nonc1N. The maximum absolute atomic E-state index is 5.65. The number of rotatable bonds is 6. The van der Waals surface area contributed by atoms with Crippen LogP contribution in [0.25, 0.3) is 0 Å². The van der Waals surface area contributed by atoms with Crippen LogP contribution in [0, 0.1) is 0 Å². The molecule has 0 amide bonds. The minimum atomic E-state index is 0.228. The first kappa shape index (κ1) is 14.0. The number of hydrogen-bond donors (Lipinski definition) is 2. The van der Waals surface area contributed by atoms with Crippen LogP contribution in [0.4, 0.5) is 17.2 Å². The molecule has 0 aliphatic rings. The predicted molar refractivity (Wildman–Crippen MR) is 77.1 cm³/mol. The Morgan fingerprint density at radius 1 is 1.40 bits per heavy atom. The summed E-state index contributed by atoms with van der Waals surface area (Å²) in [6.45, 7) is 4.82. The summed E-state index contributed by atoms with van der Waals surface area (Å²) in [5, 5.41) is 10.4. The molecular weight excluding hydrogens is 258 g/mol. The molecule has 0 fully saturated rings. The Hall–Kier alpha value is -2.41. The van der Waals surface area contributed by atoms with Gasteiger partial charge in [-0.05, 0) is 36.3 Å². The zero-order valence-electron chi connectivity index (χ0n) is 11.5. The fourth-order valence-electron chi connectivity index (χ4n) is 1.63. The van der Waals surface area contributed by atoms with E-state index in [-0.39, 0.29) is 5.82 Å². The van der Waals surface area contributed by atoms with Gasteiger partial charge in [0.05, 0.1) is 17.1 Å². The Labute approximate surface area is 116 Å². The lowest BCUT2D eigenvalue weighted by Crippen LogP contribution is -2.06. The van der Waals surface area contributed by atoms with Crippen molar-refractivity contribution in [3.05, 3.63) is 30.0 Å². The highest BCUT2D eigenvalue weighted by molar-refractivity contribution is 6.02. The van der Waals surface area contributed by atoms with Gasteiger partial charge in [-0.1, -0.05) is 12.1 Å². The van der Waals surface area contributed by atoms with Crippen LogP contribution in [-0.4, -0.2) is 29.4 Å². The van der Waals surface area contributed by atoms with E-state index in [1.54, 1.807) is 6.92 Å². The molecule has 0 saturated carbocycles. The van der Waals surface area contributed by atoms with Gasteiger partial charge in [-0.2, -0.15) is 0 Å². The summed E-state index contributed by atoms with van der Waals surface area (Å²) in [6, 6.07) is 7.65. The Kier molecular flexibility index (Phi) is 4.67. The van der Waals surface area contributed by atoms with E-state index in [4.69, 9.17) is 10.5 Å². The number of aromatic nitrogens is 2. The topological polar surface area (TPSA) is 98.6 Å². The zero-order valence-corrected chi connectivity index (χ0v) is 11.5. The van der Waals surface area contributed by atoms with Crippen molar-refractivity contribution in [2.45, 2.75) is 13.8 Å². The van der Waals surface area contributed by atoms with Crippen LogP contribution in [0.15, 0.2) is 33.9 Å². The first-order chi connectivity index (χ1) is 9.72. The first-order valence-corrected chi connectivity index (χ1v) is 6.26. The van der Waals surface area contributed by atoms with Gasteiger partial charge in [-0.3, -0.25) is 0 Å². The average molecular weight is 275 g/mol. The number of para-hydroxylation sites is 2. The molecule has 0 atom stereocenters. The number of nitrogens with zero attached hydrogens (tertiary/aromatic N) is 3. The van der Waals surface area contributed by atoms with Crippen molar-refractivity contribution in [2.24, 2.45) is 4.99 Å². The van der Waals surface area contributed by atoms with Crippen molar-refractivity contribution in [3.63, 3.8) is 0 Å². The van der Waals surface area contributed by atoms with Crippen LogP contribution in [0.2, 0.25) is 0 Å². The predicted octanol–water partition coefficient (Wildman–Crippen LogP) is 2.20. The van der Waals surface area contributed by atoms with Gasteiger partial charge in [0.15, 0.2) is 11.5 Å². The Bertz CT molecular complexity index is 594. The molecular formula is C13H17N5O2. The van der Waals surface area contributed by atoms with E-state index < -0.39 is 0 Å². The molecule has 1 heterocycles. The van der Waals surface area contributed by atoms with E-state index in [2.05, 4.69) is 25.3 Å². The third-order valence-corrected chi connectivity index (χ3v) is 2.62. The second kappa shape index (κ2) is 6.67. The number of hydrogen-bond acceptors (Lipinski definition) is 7. The normalized spacial score (nSPS) is 11.6. The highest BCUT2D eigenvalue weighted by atomic mass is 16.6. The second-order valence-electron chi connectivity index (χ2n) is 4.03. The Balaban J connectivity index is 2.22. The van der Waals surface area contributed by atoms with E-state index >= 15 is 0 Å². The molecule has 7 nitrogen and oxygen atoms in total. The number of anilines is 2. The molecule has 3 N–H and O–H groups in total. The molecule has 0 aliphatic heterocycles. The summed E-state index contributed by atoms with van der Waals surface area (Å²) in [5.74, 6) is 0.228. The molecule has 0 saturated heterocycles. The van der Waals surface area contributed by atoms with E-state index in [1.165, 1.54) is 0 Å². The summed E-state index contributed by atoms with van der Waals surface area (Å²) in [7, 11) is 0. The molecule has 20 heavy (non-hydrogen) atoms. The smallest absolute Gasteiger partial charge is 0.197 e. The summed E-state index contributed by atoms with van der Waals surface area (Å²) < 4.78 is 9.84. The minimum Gasteiger partial charge on any atom is -0.379 e. The summed E-state index contributed by atoms with van der Waals surface area (Å²) in [4.78, 5) is 4.50. The van der Waals surface area contributed by atoms with Gasteiger partial charge in [0, 0.05) is 6.61 Å². The molecule has 7 heteroatoms. The summed E-state index contributed by atoms with van der Waals surface area (Å²) >= 11 is 0. The van der Waals surface area contributed by atoms with E-state index in [1.807, 2.05) is 31.2 Å². The average Bonchev–Trinajstić information content (AvgIpc) is 2.87. The van der Waals surface area contributed by atoms with Gasteiger partial charge in [0.2, 0.25) is 0 Å². The van der Waals surface area contributed by atoms with Crippen molar-refractivity contribution in [3.8, 4) is 0 Å². The molecule has 0 spiro atoms. The van der Waals surface area contributed by atoms with Crippen LogP contribution in [0.5, 0.6) is 0 Å². The molecule has 1 aromatic heterocycles. The van der Waals surface area contributed by atoms with Crippen LogP contribution < -0.4 is 11.1 Å². The molecule has 106 valence electrons. The van der Waals surface area contributed by atoms with E-state index in [0.29, 0.717) is 24.7 Å². The number of nitrogen functional groups attached to an aromatic ring is 1.